The smallest absolute Gasteiger partial charge is 0.367 e. The van der Waals surface area contributed by atoms with E-state index in [0.29, 0.717) is 18.0 Å². The summed E-state index contributed by atoms with van der Waals surface area (Å²) in [5.74, 6) is -0.353. The predicted octanol–water partition coefficient (Wildman–Crippen LogP) is 1.63. The Morgan fingerprint density at radius 3 is 2.93 bits per heavy atom. The summed E-state index contributed by atoms with van der Waals surface area (Å²) < 4.78 is 4.82. The number of thiazole rings is 1. The largest absolute Gasteiger partial charge is 0.461 e. The molecule has 86 valence electrons. The molecule has 0 bridgehead atoms. The molecular formula is C9H15ClN2O2S. The molecule has 1 atom stereocenters. The van der Waals surface area contributed by atoms with Crippen molar-refractivity contribution in [1.82, 2.24) is 4.98 Å². The van der Waals surface area contributed by atoms with Crippen molar-refractivity contribution < 1.29 is 9.53 Å². The summed E-state index contributed by atoms with van der Waals surface area (Å²) in [7, 11) is 0. The lowest BCUT2D eigenvalue weighted by Gasteiger charge is -1.99. The summed E-state index contributed by atoms with van der Waals surface area (Å²) in [5, 5.41) is 2.25. The van der Waals surface area contributed by atoms with Crippen LogP contribution in [0.1, 0.15) is 29.3 Å². The number of esters is 1. The van der Waals surface area contributed by atoms with E-state index in [0.717, 1.165) is 5.69 Å². The fourth-order valence-electron chi connectivity index (χ4n) is 1.02. The van der Waals surface area contributed by atoms with Gasteiger partial charge in [-0.25, -0.2) is 9.78 Å². The number of nitrogens with zero attached hydrogens (tertiary/aromatic N) is 1. The van der Waals surface area contributed by atoms with Crippen LogP contribution in [0.2, 0.25) is 0 Å². The van der Waals surface area contributed by atoms with Crippen LogP contribution in [0.15, 0.2) is 5.38 Å². The van der Waals surface area contributed by atoms with Crippen LogP contribution in [-0.2, 0) is 11.2 Å². The van der Waals surface area contributed by atoms with E-state index in [1.165, 1.54) is 11.3 Å². The Bertz CT molecular complexity index is 315. The number of hydrogen-bond acceptors (Lipinski definition) is 5. The fourth-order valence-corrected chi connectivity index (χ4v) is 1.74. The van der Waals surface area contributed by atoms with Gasteiger partial charge in [0.15, 0.2) is 0 Å². The zero-order chi connectivity index (χ0) is 10.6. The maximum absolute atomic E-state index is 11.2. The summed E-state index contributed by atoms with van der Waals surface area (Å²) in [6, 6.07) is 0.0622. The van der Waals surface area contributed by atoms with Crippen LogP contribution >= 0.6 is 23.7 Å². The molecule has 0 aliphatic rings. The molecule has 0 radical (unpaired) electrons. The monoisotopic (exact) mass is 250 g/mol. The van der Waals surface area contributed by atoms with E-state index in [4.69, 9.17) is 10.5 Å². The van der Waals surface area contributed by atoms with Crippen molar-refractivity contribution in [2.24, 2.45) is 5.73 Å². The highest BCUT2D eigenvalue weighted by Crippen LogP contribution is 2.12. The van der Waals surface area contributed by atoms with E-state index < -0.39 is 0 Å². The molecule has 6 heteroatoms. The third-order valence-electron chi connectivity index (χ3n) is 1.53. The van der Waals surface area contributed by atoms with Crippen LogP contribution in [0.3, 0.4) is 0 Å². The Morgan fingerprint density at radius 2 is 2.40 bits per heavy atom. The summed E-state index contributed by atoms with van der Waals surface area (Å²) in [5.41, 5.74) is 6.47. The van der Waals surface area contributed by atoms with Crippen LogP contribution in [0, 0.1) is 0 Å². The summed E-state index contributed by atoms with van der Waals surface area (Å²) in [4.78, 5) is 15.4. The maximum atomic E-state index is 11.2. The summed E-state index contributed by atoms with van der Waals surface area (Å²) >= 11 is 1.30. The average molecular weight is 251 g/mol. The summed E-state index contributed by atoms with van der Waals surface area (Å²) in [6.07, 6.45) is 0.690. The molecule has 0 fully saturated rings. The molecule has 1 aromatic rings. The van der Waals surface area contributed by atoms with Crippen molar-refractivity contribution in [3.05, 3.63) is 16.1 Å². The highest BCUT2D eigenvalue weighted by molar-refractivity contribution is 7.11. The Morgan fingerprint density at radius 1 is 1.73 bits per heavy atom. The molecule has 2 N–H and O–H groups in total. The number of aromatic nitrogens is 1. The molecule has 0 saturated heterocycles. The second-order valence-electron chi connectivity index (χ2n) is 3.05. The first-order valence-electron chi connectivity index (χ1n) is 4.50. The maximum Gasteiger partial charge on any atom is 0.367 e. The van der Waals surface area contributed by atoms with Gasteiger partial charge < -0.3 is 10.5 Å². The first-order chi connectivity index (χ1) is 6.63. The number of rotatable bonds is 4. The van der Waals surface area contributed by atoms with Gasteiger partial charge in [-0.1, -0.05) is 0 Å². The van der Waals surface area contributed by atoms with E-state index in [1.807, 2.05) is 12.3 Å². The molecule has 0 amide bonds. The Kier molecular flexibility index (Phi) is 6.47. The lowest BCUT2D eigenvalue weighted by molar-refractivity contribution is 0.0525. The van der Waals surface area contributed by atoms with Gasteiger partial charge in [-0.3, -0.25) is 0 Å². The average Bonchev–Trinajstić information content (AvgIpc) is 2.52. The lowest BCUT2D eigenvalue weighted by Crippen LogP contribution is -2.18. The molecule has 15 heavy (non-hydrogen) atoms. The Balaban J connectivity index is 0.00000196. The van der Waals surface area contributed by atoms with Crippen molar-refractivity contribution >= 4 is 29.7 Å². The van der Waals surface area contributed by atoms with Crippen molar-refractivity contribution in [1.29, 1.82) is 0 Å². The molecule has 1 aromatic heterocycles. The van der Waals surface area contributed by atoms with Gasteiger partial charge in [0.2, 0.25) is 5.01 Å². The number of halogens is 1. The molecule has 1 rings (SSSR count). The first kappa shape index (κ1) is 14.3. The molecule has 1 heterocycles. The van der Waals surface area contributed by atoms with E-state index in [-0.39, 0.29) is 24.4 Å². The van der Waals surface area contributed by atoms with Crippen LogP contribution in [-0.4, -0.2) is 23.6 Å². The van der Waals surface area contributed by atoms with Gasteiger partial charge in [-0.15, -0.1) is 23.7 Å². The standard InChI is InChI=1S/C9H14N2O2S.ClH/c1-3-13-9(12)8-11-7(5-14-8)4-6(2)10;/h5-6H,3-4,10H2,1-2H3;1H/t6-;/m0./s1. The minimum atomic E-state index is -0.353. The number of ether oxygens (including phenoxy) is 1. The van der Waals surface area contributed by atoms with Gasteiger partial charge in [0.25, 0.3) is 0 Å². The SMILES string of the molecule is CCOC(=O)c1nc(C[C@H](C)N)cs1.Cl. The van der Waals surface area contributed by atoms with Gasteiger partial charge in [0.05, 0.1) is 12.3 Å². The molecule has 0 aliphatic carbocycles. The molecular weight excluding hydrogens is 236 g/mol. The van der Waals surface area contributed by atoms with Crippen LogP contribution in [0.25, 0.3) is 0 Å². The second-order valence-corrected chi connectivity index (χ2v) is 3.90. The zero-order valence-corrected chi connectivity index (χ0v) is 10.4. The van der Waals surface area contributed by atoms with Crippen molar-refractivity contribution in [3.63, 3.8) is 0 Å². The number of carbonyl (C=O) groups excluding carboxylic acids is 1. The molecule has 0 saturated carbocycles. The number of nitrogens with two attached hydrogens (primary N) is 1. The molecule has 0 aliphatic heterocycles. The fraction of sp³-hybridized carbons (Fsp3) is 0.556. The van der Waals surface area contributed by atoms with Crippen molar-refractivity contribution in [2.45, 2.75) is 26.3 Å². The third kappa shape index (κ3) is 4.59. The highest BCUT2D eigenvalue weighted by Gasteiger charge is 2.12. The molecule has 0 spiro atoms. The van der Waals surface area contributed by atoms with Crippen LogP contribution in [0.4, 0.5) is 0 Å². The van der Waals surface area contributed by atoms with Crippen molar-refractivity contribution in [2.75, 3.05) is 6.61 Å². The van der Waals surface area contributed by atoms with Crippen LogP contribution in [0.5, 0.6) is 0 Å². The predicted molar refractivity (Wildman–Crippen MR) is 62.7 cm³/mol. The topological polar surface area (TPSA) is 65.2 Å². The van der Waals surface area contributed by atoms with Gasteiger partial charge in [-0.2, -0.15) is 0 Å². The van der Waals surface area contributed by atoms with Crippen LogP contribution < -0.4 is 5.73 Å². The van der Waals surface area contributed by atoms with E-state index in [1.54, 1.807) is 6.92 Å². The lowest BCUT2D eigenvalue weighted by atomic mass is 10.2. The summed E-state index contributed by atoms with van der Waals surface area (Å²) in [6.45, 7) is 4.05. The van der Waals surface area contributed by atoms with Crippen molar-refractivity contribution in [3.8, 4) is 0 Å². The zero-order valence-electron chi connectivity index (χ0n) is 8.73. The molecule has 0 unspecified atom stereocenters. The molecule has 4 nitrogen and oxygen atoms in total. The minimum Gasteiger partial charge on any atom is -0.461 e. The normalized spacial score (nSPS) is 11.7. The van der Waals surface area contributed by atoms with Gasteiger partial charge in [0, 0.05) is 17.8 Å². The van der Waals surface area contributed by atoms with Gasteiger partial charge in [-0.05, 0) is 13.8 Å². The number of hydrogen-bond donors (Lipinski definition) is 1. The molecule has 0 aromatic carbocycles. The van der Waals surface area contributed by atoms with Gasteiger partial charge >= 0.3 is 5.97 Å². The highest BCUT2D eigenvalue weighted by atomic mass is 35.5. The quantitative estimate of drug-likeness (QED) is 0.825. The third-order valence-corrected chi connectivity index (χ3v) is 2.40. The van der Waals surface area contributed by atoms with E-state index in [2.05, 4.69) is 4.98 Å². The number of carbonyl (C=O) groups is 1. The Hall–Kier alpha value is -0.650. The van der Waals surface area contributed by atoms with E-state index >= 15 is 0 Å². The van der Waals surface area contributed by atoms with E-state index in [9.17, 15) is 4.79 Å². The minimum absolute atomic E-state index is 0. The van der Waals surface area contributed by atoms with Gasteiger partial charge in [0.1, 0.15) is 0 Å². The first-order valence-corrected chi connectivity index (χ1v) is 5.38. The Labute approximate surface area is 99.2 Å². The second kappa shape index (κ2) is 6.76.